The molecule has 1 aliphatic carbocycles. The van der Waals surface area contributed by atoms with Crippen molar-refractivity contribution in [2.24, 2.45) is 21.5 Å². The smallest absolute Gasteiger partial charge is 0.220 e. The summed E-state index contributed by atoms with van der Waals surface area (Å²) < 4.78 is 6.01. The zero-order valence-electron chi connectivity index (χ0n) is 14.4. The van der Waals surface area contributed by atoms with Gasteiger partial charge in [0.15, 0.2) is 0 Å². The first-order valence-corrected chi connectivity index (χ1v) is 8.88. The van der Waals surface area contributed by atoms with Crippen molar-refractivity contribution >= 4 is 17.6 Å². The maximum Gasteiger partial charge on any atom is 0.220 e. The minimum atomic E-state index is -0.432. The van der Waals surface area contributed by atoms with E-state index in [2.05, 4.69) is 11.9 Å². The van der Waals surface area contributed by atoms with Crippen LogP contribution in [0.2, 0.25) is 0 Å². The molecule has 1 aromatic carbocycles. The van der Waals surface area contributed by atoms with Crippen LogP contribution in [0.25, 0.3) is 0 Å². The summed E-state index contributed by atoms with van der Waals surface area (Å²) in [6, 6.07) is 7.98. The van der Waals surface area contributed by atoms with Crippen molar-refractivity contribution in [2.45, 2.75) is 57.5 Å². The molecule has 0 radical (unpaired) electrons. The third-order valence-corrected chi connectivity index (χ3v) is 4.71. The fourth-order valence-electron chi connectivity index (χ4n) is 3.56. The third kappa shape index (κ3) is 3.18. The predicted molar refractivity (Wildman–Crippen MR) is 98.4 cm³/mol. The summed E-state index contributed by atoms with van der Waals surface area (Å²) >= 11 is 0. The maximum absolute atomic E-state index is 6.29. The molecule has 0 bridgehead atoms. The molecule has 1 fully saturated rings. The number of para-hydroxylation sites is 2. The Balaban J connectivity index is 1.98. The van der Waals surface area contributed by atoms with E-state index in [4.69, 9.17) is 21.2 Å². The first-order valence-electron chi connectivity index (χ1n) is 8.88. The number of nitrogens with two attached hydrogens (primary N) is 2. The lowest BCUT2D eigenvalue weighted by atomic mass is 9.87. The van der Waals surface area contributed by atoms with Crippen LogP contribution in [-0.4, -0.2) is 24.2 Å². The Hall–Kier alpha value is -2.24. The molecule has 1 aliphatic heterocycles. The van der Waals surface area contributed by atoms with Crippen LogP contribution < -0.4 is 21.1 Å². The highest BCUT2D eigenvalue weighted by Crippen LogP contribution is 2.42. The molecule has 1 spiro atoms. The van der Waals surface area contributed by atoms with Crippen molar-refractivity contribution in [2.75, 3.05) is 11.5 Å². The summed E-state index contributed by atoms with van der Waals surface area (Å²) in [5, 5.41) is 0. The first-order chi connectivity index (χ1) is 11.7. The lowest BCUT2D eigenvalue weighted by Gasteiger charge is -2.45. The Labute approximate surface area is 143 Å². The number of anilines is 1. The van der Waals surface area contributed by atoms with Crippen molar-refractivity contribution in [1.29, 1.82) is 0 Å². The number of aliphatic imine (C=N–C) groups is 2. The normalized spacial score (nSPS) is 19.8. The topological polar surface area (TPSA) is 89.2 Å². The number of hydrogen-bond acceptors (Lipinski definition) is 6. The van der Waals surface area contributed by atoms with Gasteiger partial charge in [0.25, 0.3) is 0 Å². The van der Waals surface area contributed by atoms with Gasteiger partial charge in [-0.2, -0.15) is 4.99 Å². The highest BCUT2D eigenvalue weighted by Gasteiger charge is 2.43. The SMILES string of the molecule is CCCCOc1ccccc1N1C(N)=NC(N)=NC12CCCCC2. The number of rotatable bonds is 5. The zero-order chi connectivity index (χ0) is 17.0. The molecule has 4 N–H and O–H groups in total. The van der Waals surface area contributed by atoms with Crippen LogP contribution in [0.5, 0.6) is 5.75 Å². The second-order valence-corrected chi connectivity index (χ2v) is 6.49. The number of hydrogen-bond donors (Lipinski definition) is 2. The fourth-order valence-corrected chi connectivity index (χ4v) is 3.56. The standard InChI is InChI=1S/C18H27N5O/c1-2-3-13-24-15-10-6-5-9-14(15)23-17(20)21-16(19)22-18(23)11-7-4-8-12-18/h5-6,9-10H,2-4,7-8,11-13H2,1H3,(H4,19,20,21,22). The molecule has 0 unspecified atom stereocenters. The van der Waals surface area contributed by atoms with Gasteiger partial charge in [-0.3, -0.25) is 4.90 Å². The molecular formula is C18H27N5O. The molecule has 0 amide bonds. The maximum atomic E-state index is 6.29. The Kier molecular flexibility index (Phi) is 4.92. The van der Waals surface area contributed by atoms with Gasteiger partial charge in [0.1, 0.15) is 11.4 Å². The van der Waals surface area contributed by atoms with E-state index in [1.165, 1.54) is 6.42 Å². The predicted octanol–water partition coefficient (Wildman–Crippen LogP) is 2.98. The van der Waals surface area contributed by atoms with Crippen LogP contribution in [0.4, 0.5) is 5.69 Å². The van der Waals surface area contributed by atoms with Crippen LogP contribution in [0.1, 0.15) is 51.9 Å². The summed E-state index contributed by atoms with van der Waals surface area (Å²) in [6.07, 6.45) is 7.41. The summed E-state index contributed by atoms with van der Waals surface area (Å²) in [5.74, 6) is 1.50. The highest BCUT2D eigenvalue weighted by molar-refractivity contribution is 6.06. The molecule has 6 nitrogen and oxygen atoms in total. The van der Waals surface area contributed by atoms with Gasteiger partial charge >= 0.3 is 0 Å². The van der Waals surface area contributed by atoms with E-state index in [1.54, 1.807) is 0 Å². The molecule has 0 atom stereocenters. The number of benzene rings is 1. The average molecular weight is 329 g/mol. The van der Waals surface area contributed by atoms with Crippen molar-refractivity contribution in [3.05, 3.63) is 24.3 Å². The van der Waals surface area contributed by atoms with Crippen molar-refractivity contribution in [3.8, 4) is 5.75 Å². The van der Waals surface area contributed by atoms with Gasteiger partial charge in [-0.15, -0.1) is 0 Å². The van der Waals surface area contributed by atoms with E-state index >= 15 is 0 Å². The van der Waals surface area contributed by atoms with E-state index < -0.39 is 5.66 Å². The van der Waals surface area contributed by atoms with Gasteiger partial charge < -0.3 is 16.2 Å². The zero-order valence-corrected chi connectivity index (χ0v) is 14.4. The molecule has 6 heteroatoms. The number of ether oxygens (including phenoxy) is 1. The van der Waals surface area contributed by atoms with Gasteiger partial charge in [0.05, 0.1) is 12.3 Å². The molecule has 1 saturated carbocycles. The Bertz CT molecular complexity index is 634. The average Bonchev–Trinajstić information content (AvgIpc) is 2.56. The first kappa shape index (κ1) is 16.6. The molecule has 24 heavy (non-hydrogen) atoms. The Morgan fingerprint density at radius 3 is 2.67 bits per heavy atom. The summed E-state index contributed by atoms with van der Waals surface area (Å²) in [6.45, 7) is 2.84. The molecule has 1 heterocycles. The lowest BCUT2D eigenvalue weighted by Crippen LogP contribution is -2.58. The number of guanidine groups is 2. The van der Waals surface area contributed by atoms with Crippen LogP contribution in [0, 0.1) is 0 Å². The minimum absolute atomic E-state index is 0.273. The van der Waals surface area contributed by atoms with Gasteiger partial charge in [0, 0.05) is 0 Å². The van der Waals surface area contributed by atoms with Crippen LogP contribution in [0.15, 0.2) is 34.3 Å². The van der Waals surface area contributed by atoms with E-state index in [-0.39, 0.29) is 5.96 Å². The molecular weight excluding hydrogens is 302 g/mol. The second-order valence-electron chi connectivity index (χ2n) is 6.49. The molecule has 130 valence electrons. The molecule has 1 aromatic rings. The third-order valence-electron chi connectivity index (χ3n) is 4.71. The van der Waals surface area contributed by atoms with E-state index in [1.807, 2.05) is 29.2 Å². The summed E-state index contributed by atoms with van der Waals surface area (Å²) in [5.41, 5.74) is 12.7. The lowest BCUT2D eigenvalue weighted by molar-refractivity contribution is 0.291. The van der Waals surface area contributed by atoms with E-state index in [0.717, 1.165) is 50.0 Å². The van der Waals surface area contributed by atoms with Crippen molar-refractivity contribution in [1.82, 2.24) is 0 Å². The van der Waals surface area contributed by atoms with Crippen molar-refractivity contribution in [3.63, 3.8) is 0 Å². The highest BCUT2D eigenvalue weighted by atomic mass is 16.5. The minimum Gasteiger partial charge on any atom is -0.491 e. The van der Waals surface area contributed by atoms with Crippen LogP contribution >= 0.6 is 0 Å². The van der Waals surface area contributed by atoms with Gasteiger partial charge in [-0.05, 0) is 44.2 Å². The van der Waals surface area contributed by atoms with Gasteiger partial charge in [-0.25, -0.2) is 4.99 Å². The second kappa shape index (κ2) is 7.11. The summed E-state index contributed by atoms with van der Waals surface area (Å²) in [4.78, 5) is 11.0. The molecule has 3 rings (SSSR count). The quantitative estimate of drug-likeness (QED) is 0.813. The van der Waals surface area contributed by atoms with Gasteiger partial charge in [-0.1, -0.05) is 31.9 Å². The van der Waals surface area contributed by atoms with E-state index in [9.17, 15) is 0 Å². The fraction of sp³-hybridized carbons (Fsp3) is 0.556. The summed E-state index contributed by atoms with van der Waals surface area (Å²) in [7, 11) is 0. The number of nitrogens with zero attached hydrogens (tertiary/aromatic N) is 3. The monoisotopic (exact) mass is 329 g/mol. The molecule has 0 aromatic heterocycles. The Morgan fingerprint density at radius 2 is 1.92 bits per heavy atom. The largest absolute Gasteiger partial charge is 0.491 e. The van der Waals surface area contributed by atoms with Crippen LogP contribution in [-0.2, 0) is 0 Å². The van der Waals surface area contributed by atoms with E-state index in [0.29, 0.717) is 12.6 Å². The number of unbranched alkanes of at least 4 members (excludes halogenated alkanes) is 1. The van der Waals surface area contributed by atoms with Gasteiger partial charge in [0.2, 0.25) is 11.9 Å². The Morgan fingerprint density at radius 1 is 1.17 bits per heavy atom. The van der Waals surface area contributed by atoms with Crippen LogP contribution in [0.3, 0.4) is 0 Å². The van der Waals surface area contributed by atoms with Crippen molar-refractivity contribution < 1.29 is 4.74 Å². The molecule has 0 saturated heterocycles. The molecule has 2 aliphatic rings.